The van der Waals surface area contributed by atoms with Gasteiger partial charge in [0.05, 0.1) is 12.7 Å². The fourth-order valence-electron chi connectivity index (χ4n) is 3.35. The van der Waals surface area contributed by atoms with E-state index in [9.17, 15) is 9.18 Å². The summed E-state index contributed by atoms with van der Waals surface area (Å²) in [6, 6.07) is 4.17. The second-order valence-electron chi connectivity index (χ2n) is 6.79. The van der Waals surface area contributed by atoms with Gasteiger partial charge >= 0.3 is 5.97 Å². The summed E-state index contributed by atoms with van der Waals surface area (Å²) in [4.78, 5) is 12.1. The van der Waals surface area contributed by atoms with Crippen molar-refractivity contribution in [3.05, 3.63) is 29.6 Å². The molecule has 0 aromatic heterocycles. The van der Waals surface area contributed by atoms with Gasteiger partial charge < -0.3 is 9.47 Å². The molecule has 0 spiro atoms. The highest BCUT2D eigenvalue weighted by Gasteiger charge is 2.34. The lowest BCUT2D eigenvalue weighted by molar-refractivity contribution is -0.00750. The molecule has 3 nitrogen and oxygen atoms in total. The van der Waals surface area contributed by atoms with Crippen molar-refractivity contribution in [2.24, 2.45) is 11.3 Å². The van der Waals surface area contributed by atoms with E-state index in [1.807, 2.05) is 0 Å². The van der Waals surface area contributed by atoms with Crippen LogP contribution in [0.3, 0.4) is 0 Å². The molecule has 1 aromatic carbocycles. The number of benzene rings is 1. The summed E-state index contributed by atoms with van der Waals surface area (Å²) in [6.07, 6.45) is 2.64. The highest BCUT2D eigenvalue weighted by molar-refractivity contribution is 5.90. The first-order chi connectivity index (χ1) is 9.80. The topological polar surface area (TPSA) is 35.5 Å². The Morgan fingerprint density at radius 2 is 2.05 bits per heavy atom. The lowest BCUT2D eigenvalue weighted by Crippen LogP contribution is -2.34. The molecule has 2 unspecified atom stereocenters. The van der Waals surface area contributed by atoms with Crippen molar-refractivity contribution in [3.63, 3.8) is 0 Å². The van der Waals surface area contributed by atoms with Crippen LogP contribution in [0.4, 0.5) is 4.39 Å². The van der Waals surface area contributed by atoms with Gasteiger partial charge in [0, 0.05) is 6.07 Å². The van der Waals surface area contributed by atoms with E-state index in [0.29, 0.717) is 11.7 Å². The van der Waals surface area contributed by atoms with E-state index in [-0.39, 0.29) is 17.1 Å². The van der Waals surface area contributed by atoms with Crippen LogP contribution in [0.5, 0.6) is 5.75 Å². The van der Waals surface area contributed by atoms with Crippen LogP contribution in [-0.2, 0) is 4.74 Å². The van der Waals surface area contributed by atoms with Crippen LogP contribution in [0.15, 0.2) is 18.2 Å². The molecule has 21 heavy (non-hydrogen) atoms. The zero-order valence-corrected chi connectivity index (χ0v) is 13.1. The molecule has 2 rings (SSSR count). The van der Waals surface area contributed by atoms with Crippen LogP contribution in [0.1, 0.15) is 50.4 Å². The first-order valence-corrected chi connectivity index (χ1v) is 7.35. The Kier molecular flexibility index (Phi) is 4.55. The van der Waals surface area contributed by atoms with Crippen LogP contribution in [0, 0.1) is 17.2 Å². The monoisotopic (exact) mass is 294 g/mol. The van der Waals surface area contributed by atoms with Crippen molar-refractivity contribution in [2.75, 3.05) is 7.11 Å². The molecule has 1 aromatic rings. The summed E-state index contributed by atoms with van der Waals surface area (Å²) in [5.41, 5.74) is 0.118. The van der Waals surface area contributed by atoms with Crippen LogP contribution in [-0.4, -0.2) is 19.2 Å². The first kappa shape index (κ1) is 15.8. The molecule has 1 saturated carbocycles. The van der Waals surface area contributed by atoms with Gasteiger partial charge in [0.1, 0.15) is 17.7 Å². The Labute approximate surface area is 125 Å². The molecule has 0 radical (unpaired) electrons. The smallest absolute Gasteiger partial charge is 0.341 e. The highest BCUT2D eigenvalue weighted by atomic mass is 19.1. The Morgan fingerprint density at radius 3 is 2.62 bits per heavy atom. The number of halogens is 1. The number of ether oxygens (including phenoxy) is 2. The minimum Gasteiger partial charge on any atom is -0.497 e. The number of esters is 1. The number of hydrogen-bond acceptors (Lipinski definition) is 3. The summed E-state index contributed by atoms with van der Waals surface area (Å²) < 4.78 is 24.3. The van der Waals surface area contributed by atoms with Gasteiger partial charge in [-0.2, -0.15) is 0 Å². The average Bonchev–Trinajstić information content (AvgIpc) is 2.35. The second kappa shape index (κ2) is 6.04. The van der Waals surface area contributed by atoms with Crippen LogP contribution >= 0.6 is 0 Å². The van der Waals surface area contributed by atoms with Gasteiger partial charge in [-0.1, -0.05) is 20.8 Å². The Hall–Kier alpha value is -1.58. The number of hydrogen-bond donors (Lipinski definition) is 0. The predicted molar refractivity (Wildman–Crippen MR) is 79.0 cm³/mol. The molecule has 0 amide bonds. The maximum absolute atomic E-state index is 13.9. The summed E-state index contributed by atoms with van der Waals surface area (Å²) in [6.45, 7) is 6.52. The van der Waals surface area contributed by atoms with E-state index in [1.165, 1.54) is 19.2 Å². The number of methoxy groups -OCH3 is 1. The largest absolute Gasteiger partial charge is 0.497 e. The van der Waals surface area contributed by atoms with E-state index in [1.54, 1.807) is 6.07 Å². The molecule has 1 aliphatic carbocycles. The van der Waals surface area contributed by atoms with Gasteiger partial charge in [0.2, 0.25) is 0 Å². The molecule has 116 valence electrons. The Balaban J connectivity index is 2.07. The minimum atomic E-state index is -0.609. The summed E-state index contributed by atoms with van der Waals surface area (Å²) in [7, 11) is 1.46. The standard InChI is InChI=1S/C17H23FO3/c1-11-7-13(10-17(2,3)9-11)21-16(19)14-6-5-12(20-4)8-15(14)18/h5-6,8,11,13H,7,9-10H2,1-4H3. The van der Waals surface area contributed by atoms with E-state index in [0.717, 1.165) is 19.3 Å². The molecule has 1 aliphatic rings. The normalized spacial score (nSPS) is 24.4. The van der Waals surface area contributed by atoms with Crippen molar-refractivity contribution in [2.45, 2.75) is 46.1 Å². The van der Waals surface area contributed by atoms with Gasteiger partial charge in [-0.15, -0.1) is 0 Å². The van der Waals surface area contributed by atoms with E-state index >= 15 is 0 Å². The van der Waals surface area contributed by atoms with Crippen molar-refractivity contribution in [1.29, 1.82) is 0 Å². The number of carbonyl (C=O) groups is 1. The van der Waals surface area contributed by atoms with Crippen LogP contribution in [0.25, 0.3) is 0 Å². The fourth-order valence-corrected chi connectivity index (χ4v) is 3.35. The molecule has 1 fully saturated rings. The summed E-state index contributed by atoms with van der Waals surface area (Å²) in [5.74, 6) is -0.309. The maximum Gasteiger partial charge on any atom is 0.341 e. The molecule has 0 N–H and O–H groups in total. The third kappa shape index (κ3) is 3.96. The third-order valence-corrected chi connectivity index (χ3v) is 4.02. The SMILES string of the molecule is COc1ccc(C(=O)OC2CC(C)CC(C)(C)C2)c(F)c1. The molecule has 0 aliphatic heterocycles. The molecular weight excluding hydrogens is 271 g/mol. The molecule has 2 atom stereocenters. The molecular formula is C17H23FO3. The van der Waals surface area contributed by atoms with Crippen molar-refractivity contribution in [1.82, 2.24) is 0 Å². The van der Waals surface area contributed by atoms with Crippen molar-refractivity contribution in [3.8, 4) is 5.75 Å². The van der Waals surface area contributed by atoms with E-state index < -0.39 is 11.8 Å². The Morgan fingerprint density at radius 1 is 1.33 bits per heavy atom. The Bertz CT molecular complexity index is 525. The van der Waals surface area contributed by atoms with Gasteiger partial charge in [-0.05, 0) is 42.7 Å². The van der Waals surface area contributed by atoms with Gasteiger partial charge in [-0.25, -0.2) is 9.18 Å². The average molecular weight is 294 g/mol. The van der Waals surface area contributed by atoms with Gasteiger partial charge in [0.15, 0.2) is 0 Å². The highest BCUT2D eigenvalue weighted by Crippen LogP contribution is 2.40. The maximum atomic E-state index is 13.9. The zero-order chi connectivity index (χ0) is 15.6. The summed E-state index contributed by atoms with van der Waals surface area (Å²) in [5, 5.41) is 0. The number of carbonyl (C=O) groups excluding carboxylic acids is 1. The molecule has 4 heteroatoms. The van der Waals surface area contributed by atoms with E-state index in [4.69, 9.17) is 9.47 Å². The first-order valence-electron chi connectivity index (χ1n) is 7.35. The minimum absolute atomic E-state index is 0.0353. The third-order valence-electron chi connectivity index (χ3n) is 4.02. The predicted octanol–water partition coefficient (Wildman–Crippen LogP) is 4.21. The molecule has 0 bridgehead atoms. The summed E-state index contributed by atoms with van der Waals surface area (Å²) >= 11 is 0. The van der Waals surface area contributed by atoms with E-state index in [2.05, 4.69) is 20.8 Å². The molecule has 0 heterocycles. The van der Waals surface area contributed by atoms with Crippen molar-refractivity contribution >= 4 is 5.97 Å². The van der Waals surface area contributed by atoms with Gasteiger partial charge in [-0.3, -0.25) is 0 Å². The van der Waals surface area contributed by atoms with Gasteiger partial charge in [0.25, 0.3) is 0 Å². The molecule has 0 saturated heterocycles. The fraction of sp³-hybridized carbons (Fsp3) is 0.588. The lowest BCUT2D eigenvalue weighted by Gasteiger charge is -2.38. The van der Waals surface area contributed by atoms with Crippen molar-refractivity contribution < 1.29 is 18.7 Å². The lowest BCUT2D eigenvalue weighted by atomic mass is 9.71. The number of rotatable bonds is 3. The van der Waals surface area contributed by atoms with Crippen LogP contribution < -0.4 is 4.74 Å². The quantitative estimate of drug-likeness (QED) is 0.784. The zero-order valence-electron chi connectivity index (χ0n) is 13.1. The van der Waals surface area contributed by atoms with Crippen LogP contribution in [0.2, 0.25) is 0 Å². The second-order valence-corrected chi connectivity index (χ2v) is 6.79.